The summed E-state index contributed by atoms with van der Waals surface area (Å²) in [5.74, 6) is 1.77. The lowest BCUT2D eigenvalue weighted by Gasteiger charge is -2.34. The summed E-state index contributed by atoms with van der Waals surface area (Å²) in [6.07, 6.45) is 1.52. The first-order valence-corrected chi connectivity index (χ1v) is 8.66. The number of piperazine rings is 1. The minimum Gasteiger partial charge on any atom is -0.486 e. The highest BCUT2D eigenvalue weighted by molar-refractivity contribution is 5.96. The van der Waals surface area contributed by atoms with Gasteiger partial charge >= 0.3 is 0 Å². The van der Waals surface area contributed by atoms with Gasteiger partial charge in [-0.3, -0.25) is 9.59 Å². The standard InChI is InChI=1S/C19H20N2O5/c1-13-15(4-9-24-13)19(23)21-7-5-20(6-8-21)18(22)14-2-3-16-17(12-14)26-11-10-25-16/h2-4,9,12H,5-8,10-11H2,1H3. The van der Waals surface area contributed by atoms with Crippen LogP contribution in [0.5, 0.6) is 11.5 Å². The van der Waals surface area contributed by atoms with Crippen molar-refractivity contribution in [2.24, 2.45) is 0 Å². The van der Waals surface area contributed by atoms with Crippen molar-refractivity contribution in [1.82, 2.24) is 9.80 Å². The number of rotatable bonds is 2. The molecule has 0 spiro atoms. The van der Waals surface area contributed by atoms with Gasteiger partial charge in [-0.15, -0.1) is 0 Å². The van der Waals surface area contributed by atoms with E-state index in [1.807, 2.05) is 0 Å². The molecule has 4 rings (SSSR count). The van der Waals surface area contributed by atoms with Crippen molar-refractivity contribution in [3.63, 3.8) is 0 Å². The molecule has 0 unspecified atom stereocenters. The van der Waals surface area contributed by atoms with Crippen molar-refractivity contribution in [1.29, 1.82) is 0 Å². The van der Waals surface area contributed by atoms with Crippen LogP contribution in [-0.2, 0) is 0 Å². The number of benzene rings is 1. The highest BCUT2D eigenvalue weighted by atomic mass is 16.6. The minimum absolute atomic E-state index is 0.0531. The maximum Gasteiger partial charge on any atom is 0.257 e. The molecule has 1 aromatic carbocycles. The number of nitrogens with zero attached hydrogens (tertiary/aromatic N) is 2. The molecule has 7 nitrogen and oxygen atoms in total. The largest absolute Gasteiger partial charge is 0.486 e. The minimum atomic E-state index is -0.0615. The topological polar surface area (TPSA) is 72.2 Å². The van der Waals surface area contributed by atoms with Gasteiger partial charge in [0.25, 0.3) is 11.8 Å². The van der Waals surface area contributed by atoms with Gasteiger partial charge in [-0.05, 0) is 31.2 Å². The van der Waals surface area contributed by atoms with E-state index in [1.54, 1.807) is 41.0 Å². The molecule has 0 bridgehead atoms. The Morgan fingerprint density at radius 2 is 1.54 bits per heavy atom. The van der Waals surface area contributed by atoms with Gasteiger partial charge < -0.3 is 23.7 Å². The molecule has 1 saturated heterocycles. The molecule has 0 aliphatic carbocycles. The molecule has 0 saturated carbocycles. The van der Waals surface area contributed by atoms with Crippen LogP contribution in [0.25, 0.3) is 0 Å². The molecule has 7 heteroatoms. The average Bonchev–Trinajstić information content (AvgIpc) is 3.12. The van der Waals surface area contributed by atoms with Crippen molar-refractivity contribution >= 4 is 11.8 Å². The summed E-state index contributed by atoms with van der Waals surface area (Å²) in [5, 5.41) is 0. The van der Waals surface area contributed by atoms with E-state index in [-0.39, 0.29) is 11.8 Å². The number of ether oxygens (including phenoxy) is 2. The Balaban J connectivity index is 1.41. The van der Waals surface area contributed by atoms with Gasteiger partial charge in [-0.25, -0.2) is 0 Å². The Hall–Kier alpha value is -2.96. The van der Waals surface area contributed by atoms with E-state index in [1.165, 1.54) is 6.26 Å². The quantitative estimate of drug-likeness (QED) is 0.822. The molecule has 3 heterocycles. The van der Waals surface area contributed by atoms with Gasteiger partial charge in [0.1, 0.15) is 19.0 Å². The Labute approximate surface area is 151 Å². The predicted molar refractivity (Wildman–Crippen MR) is 92.7 cm³/mol. The van der Waals surface area contributed by atoms with Gasteiger partial charge in [0, 0.05) is 31.7 Å². The summed E-state index contributed by atoms with van der Waals surface area (Å²) < 4.78 is 16.2. The van der Waals surface area contributed by atoms with Crippen LogP contribution in [-0.4, -0.2) is 61.0 Å². The Morgan fingerprint density at radius 1 is 0.885 bits per heavy atom. The van der Waals surface area contributed by atoms with E-state index in [0.29, 0.717) is 67.8 Å². The Morgan fingerprint density at radius 3 is 2.19 bits per heavy atom. The van der Waals surface area contributed by atoms with Crippen molar-refractivity contribution < 1.29 is 23.5 Å². The molecule has 0 atom stereocenters. The van der Waals surface area contributed by atoms with Crippen LogP contribution in [0.1, 0.15) is 26.5 Å². The first kappa shape index (κ1) is 16.5. The number of fused-ring (bicyclic) bond motifs is 1. The number of carbonyl (C=O) groups excluding carboxylic acids is 2. The van der Waals surface area contributed by atoms with Crippen LogP contribution >= 0.6 is 0 Å². The van der Waals surface area contributed by atoms with Crippen molar-refractivity contribution in [3.05, 3.63) is 47.4 Å². The van der Waals surface area contributed by atoms with Crippen molar-refractivity contribution in [2.75, 3.05) is 39.4 Å². The van der Waals surface area contributed by atoms with Gasteiger partial charge in [0.15, 0.2) is 11.5 Å². The fourth-order valence-electron chi connectivity index (χ4n) is 3.25. The molecule has 2 aliphatic rings. The van der Waals surface area contributed by atoms with E-state index in [4.69, 9.17) is 13.9 Å². The first-order chi connectivity index (χ1) is 12.6. The number of hydrogen-bond donors (Lipinski definition) is 0. The van der Waals surface area contributed by atoms with Crippen molar-refractivity contribution in [2.45, 2.75) is 6.92 Å². The highest BCUT2D eigenvalue weighted by Crippen LogP contribution is 2.31. The molecule has 0 N–H and O–H groups in total. The number of furan rings is 1. The highest BCUT2D eigenvalue weighted by Gasteiger charge is 2.27. The molecule has 0 radical (unpaired) electrons. The predicted octanol–water partition coefficient (Wildman–Crippen LogP) is 1.96. The normalized spacial score (nSPS) is 16.5. The summed E-state index contributed by atoms with van der Waals surface area (Å²) >= 11 is 0. The SMILES string of the molecule is Cc1occc1C(=O)N1CCN(C(=O)c2ccc3c(c2)OCCO3)CC1. The first-order valence-electron chi connectivity index (χ1n) is 8.66. The molecular formula is C19H20N2O5. The Bertz CT molecular complexity index is 836. The third kappa shape index (κ3) is 3.00. The molecule has 26 heavy (non-hydrogen) atoms. The average molecular weight is 356 g/mol. The lowest BCUT2D eigenvalue weighted by atomic mass is 10.1. The monoisotopic (exact) mass is 356 g/mol. The molecule has 1 aromatic heterocycles. The third-order valence-corrected chi connectivity index (χ3v) is 4.73. The number of carbonyl (C=O) groups is 2. The molecule has 136 valence electrons. The lowest BCUT2D eigenvalue weighted by molar-refractivity contribution is 0.0534. The maximum atomic E-state index is 12.8. The summed E-state index contributed by atoms with van der Waals surface area (Å²) in [6, 6.07) is 6.93. The van der Waals surface area contributed by atoms with Gasteiger partial charge in [-0.1, -0.05) is 0 Å². The molecule has 2 aliphatic heterocycles. The van der Waals surface area contributed by atoms with E-state index < -0.39 is 0 Å². The fraction of sp³-hybridized carbons (Fsp3) is 0.368. The zero-order valence-corrected chi connectivity index (χ0v) is 14.6. The Kier molecular flexibility index (Phi) is 4.28. The van der Waals surface area contributed by atoms with Crippen LogP contribution in [0.2, 0.25) is 0 Å². The number of aryl methyl sites for hydroxylation is 1. The number of hydrogen-bond acceptors (Lipinski definition) is 5. The zero-order chi connectivity index (χ0) is 18.1. The van der Waals surface area contributed by atoms with Crippen LogP contribution in [0.4, 0.5) is 0 Å². The van der Waals surface area contributed by atoms with Gasteiger partial charge in [-0.2, -0.15) is 0 Å². The third-order valence-electron chi connectivity index (χ3n) is 4.73. The van der Waals surface area contributed by atoms with E-state index >= 15 is 0 Å². The van der Waals surface area contributed by atoms with Gasteiger partial charge in [0.05, 0.1) is 11.8 Å². The maximum absolute atomic E-state index is 12.8. The van der Waals surface area contributed by atoms with E-state index in [0.717, 1.165) is 0 Å². The van der Waals surface area contributed by atoms with Crippen molar-refractivity contribution in [3.8, 4) is 11.5 Å². The second kappa shape index (κ2) is 6.74. The summed E-state index contributed by atoms with van der Waals surface area (Å²) in [5.41, 5.74) is 1.15. The molecular weight excluding hydrogens is 336 g/mol. The molecule has 2 aromatic rings. The summed E-state index contributed by atoms with van der Waals surface area (Å²) in [4.78, 5) is 28.8. The van der Waals surface area contributed by atoms with Crippen LogP contribution in [0.15, 0.2) is 34.9 Å². The zero-order valence-electron chi connectivity index (χ0n) is 14.6. The molecule has 1 fully saturated rings. The van der Waals surface area contributed by atoms with E-state index in [2.05, 4.69) is 0 Å². The van der Waals surface area contributed by atoms with Gasteiger partial charge in [0.2, 0.25) is 0 Å². The van der Waals surface area contributed by atoms with Crippen LogP contribution in [0, 0.1) is 6.92 Å². The van der Waals surface area contributed by atoms with Crippen LogP contribution in [0.3, 0.4) is 0 Å². The summed E-state index contributed by atoms with van der Waals surface area (Å²) in [7, 11) is 0. The fourth-order valence-corrected chi connectivity index (χ4v) is 3.25. The number of amides is 2. The second-order valence-corrected chi connectivity index (χ2v) is 6.33. The van der Waals surface area contributed by atoms with E-state index in [9.17, 15) is 9.59 Å². The molecule has 2 amide bonds. The summed E-state index contributed by atoms with van der Waals surface area (Å²) in [6.45, 7) is 4.77. The van der Waals surface area contributed by atoms with Crippen LogP contribution < -0.4 is 9.47 Å². The lowest BCUT2D eigenvalue weighted by Crippen LogP contribution is -2.50. The smallest absolute Gasteiger partial charge is 0.257 e. The second-order valence-electron chi connectivity index (χ2n) is 6.33.